The third kappa shape index (κ3) is 7.74. The topological polar surface area (TPSA) is 6.48 Å². The standard InChI is InChI=1S/C61H44N2S2/c1-3-4-25-54-42(2)64-59-36-30-47(38-55(54)59)48-31-37-60-56(39-48)57-40-53(62(49-21-13-7-14-22-49)51-32-26-45(27-33-51)43-17-9-5-10-18-43)41-58(61(57)65-60)63(50-23-15-8-16-24-50)52-34-28-46(29-35-52)44-19-11-6-12-20-44/h3-41H,1H2,2H3/b25-4-. The van der Waals surface area contributed by atoms with Crippen LogP contribution in [0.4, 0.5) is 34.1 Å². The normalized spacial score (nSPS) is 11.5. The molecule has 0 N–H and O–H groups in total. The molecule has 0 spiro atoms. The number of thiophene rings is 2. The molecule has 9 aromatic carbocycles. The summed E-state index contributed by atoms with van der Waals surface area (Å²) in [6, 6.07) is 79.5. The Labute approximate surface area is 388 Å². The van der Waals surface area contributed by atoms with Crippen LogP contribution in [0.25, 0.3) is 69.7 Å². The molecule has 2 aromatic heterocycles. The zero-order chi connectivity index (χ0) is 43.7. The van der Waals surface area contributed by atoms with E-state index in [1.807, 2.05) is 34.8 Å². The summed E-state index contributed by atoms with van der Waals surface area (Å²) < 4.78 is 3.77. The number of hydrogen-bond acceptors (Lipinski definition) is 4. The van der Waals surface area contributed by atoms with E-state index in [4.69, 9.17) is 0 Å². The summed E-state index contributed by atoms with van der Waals surface area (Å²) in [5.74, 6) is 0. The second-order valence-corrected chi connectivity index (χ2v) is 18.5. The summed E-state index contributed by atoms with van der Waals surface area (Å²) in [6.07, 6.45) is 6.07. The van der Waals surface area contributed by atoms with Crippen LogP contribution in [0.5, 0.6) is 0 Å². The van der Waals surface area contributed by atoms with E-state index in [2.05, 4.69) is 248 Å². The fraction of sp³-hybridized carbons (Fsp3) is 0.0164. The minimum Gasteiger partial charge on any atom is -0.310 e. The first-order valence-corrected chi connectivity index (χ1v) is 23.6. The van der Waals surface area contributed by atoms with Crippen molar-refractivity contribution in [1.82, 2.24) is 0 Å². The number of allylic oxidation sites excluding steroid dienone is 2. The molecule has 0 amide bonds. The van der Waals surface area contributed by atoms with Crippen molar-refractivity contribution in [2.45, 2.75) is 6.92 Å². The van der Waals surface area contributed by atoms with Crippen LogP contribution in [0.15, 0.2) is 237 Å². The van der Waals surface area contributed by atoms with Crippen molar-refractivity contribution in [3.8, 4) is 33.4 Å². The van der Waals surface area contributed by atoms with Gasteiger partial charge in [-0.2, -0.15) is 0 Å². The summed E-state index contributed by atoms with van der Waals surface area (Å²) in [5, 5.41) is 3.72. The molecule has 0 saturated carbocycles. The highest BCUT2D eigenvalue weighted by Gasteiger charge is 2.23. The maximum atomic E-state index is 3.93. The molecule has 4 heteroatoms. The molecule has 0 fully saturated rings. The summed E-state index contributed by atoms with van der Waals surface area (Å²) in [5.41, 5.74) is 15.0. The van der Waals surface area contributed by atoms with E-state index in [0.29, 0.717) is 0 Å². The molecule has 2 nitrogen and oxygen atoms in total. The first-order valence-electron chi connectivity index (χ1n) is 21.9. The highest BCUT2D eigenvalue weighted by molar-refractivity contribution is 7.26. The average molecular weight is 869 g/mol. The highest BCUT2D eigenvalue weighted by atomic mass is 32.1. The van der Waals surface area contributed by atoms with Gasteiger partial charge < -0.3 is 9.80 Å². The lowest BCUT2D eigenvalue weighted by Gasteiger charge is -2.30. The van der Waals surface area contributed by atoms with E-state index < -0.39 is 0 Å². The van der Waals surface area contributed by atoms with E-state index in [-0.39, 0.29) is 0 Å². The Kier molecular flexibility index (Phi) is 10.7. The number of fused-ring (bicyclic) bond motifs is 4. The number of nitrogens with zero attached hydrogens (tertiary/aromatic N) is 2. The predicted molar refractivity (Wildman–Crippen MR) is 284 cm³/mol. The van der Waals surface area contributed by atoms with Crippen LogP contribution >= 0.6 is 22.7 Å². The van der Waals surface area contributed by atoms with Gasteiger partial charge in [0, 0.05) is 58.9 Å². The summed E-state index contributed by atoms with van der Waals surface area (Å²) in [7, 11) is 0. The van der Waals surface area contributed by atoms with Gasteiger partial charge in [-0.05, 0) is 131 Å². The second-order valence-electron chi connectivity index (χ2n) is 16.2. The average Bonchev–Trinajstić information content (AvgIpc) is 3.90. The smallest absolute Gasteiger partial charge is 0.0661 e. The van der Waals surface area contributed by atoms with Gasteiger partial charge in [0.05, 0.1) is 10.4 Å². The van der Waals surface area contributed by atoms with E-state index in [9.17, 15) is 0 Å². The highest BCUT2D eigenvalue weighted by Crippen LogP contribution is 2.50. The van der Waals surface area contributed by atoms with Gasteiger partial charge in [-0.3, -0.25) is 0 Å². The Bertz CT molecular complexity index is 3480. The largest absolute Gasteiger partial charge is 0.310 e. The number of rotatable bonds is 11. The van der Waals surface area contributed by atoms with Gasteiger partial charge in [-0.1, -0.05) is 158 Å². The monoisotopic (exact) mass is 868 g/mol. The molecule has 0 radical (unpaired) electrons. The van der Waals surface area contributed by atoms with Crippen molar-refractivity contribution >= 4 is 93.1 Å². The van der Waals surface area contributed by atoms with Crippen molar-refractivity contribution in [2.75, 3.05) is 9.80 Å². The first-order chi connectivity index (χ1) is 32.1. The molecule has 310 valence electrons. The Hall–Kier alpha value is -7.76. The van der Waals surface area contributed by atoms with Crippen LogP contribution in [0, 0.1) is 6.92 Å². The SMILES string of the molecule is C=C/C=C\c1c(C)sc2ccc(-c3ccc4sc5c(N(c6ccccc6)c6ccc(-c7ccccc7)cc6)cc(N(c6ccccc6)c6ccc(-c7ccccc7)cc6)cc5c4c3)cc12. The second kappa shape index (κ2) is 17.4. The third-order valence-electron chi connectivity index (χ3n) is 12.2. The van der Waals surface area contributed by atoms with Gasteiger partial charge in [0.1, 0.15) is 0 Å². The van der Waals surface area contributed by atoms with Gasteiger partial charge in [0.25, 0.3) is 0 Å². The van der Waals surface area contributed by atoms with Gasteiger partial charge in [0.15, 0.2) is 0 Å². The van der Waals surface area contributed by atoms with E-state index in [0.717, 1.165) is 34.1 Å². The van der Waals surface area contributed by atoms with Gasteiger partial charge in [-0.15, -0.1) is 22.7 Å². The van der Waals surface area contributed by atoms with Crippen molar-refractivity contribution in [2.24, 2.45) is 0 Å². The van der Waals surface area contributed by atoms with Gasteiger partial charge in [-0.25, -0.2) is 0 Å². The zero-order valence-corrected chi connectivity index (χ0v) is 37.6. The number of benzene rings is 9. The molecule has 0 aliphatic carbocycles. The minimum absolute atomic E-state index is 1.08. The number of para-hydroxylation sites is 2. The molecule has 65 heavy (non-hydrogen) atoms. The fourth-order valence-corrected chi connectivity index (χ4v) is 11.2. The predicted octanol–water partition coefficient (Wildman–Crippen LogP) is 18.7. The van der Waals surface area contributed by atoms with Crippen molar-refractivity contribution in [3.05, 3.63) is 248 Å². The van der Waals surface area contributed by atoms with Crippen LogP contribution < -0.4 is 9.80 Å². The molecule has 0 unspecified atom stereocenters. The number of anilines is 6. The summed E-state index contributed by atoms with van der Waals surface area (Å²) >= 11 is 3.71. The summed E-state index contributed by atoms with van der Waals surface area (Å²) in [6.45, 7) is 6.13. The van der Waals surface area contributed by atoms with Crippen molar-refractivity contribution in [1.29, 1.82) is 0 Å². The third-order valence-corrected chi connectivity index (χ3v) is 14.5. The maximum Gasteiger partial charge on any atom is 0.0661 e. The lowest BCUT2D eigenvalue weighted by Crippen LogP contribution is -2.13. The molecular formula is C61H44N2S2. The molecule has 0 saturated heterocycles. The maximum absolute atomic E-state index is 3.93. The lowest BCUT2D eigenvalue weighted by molar-refractivity contribution is 1.26. The Morgan fingerprint density at radius 1 is 0.385 bits per heavy atom. The Balaban J connectivity index is 1.15. The fourth-order valence-electron chi connectivity index (χ4n) is 9.01. The lowest BCUT2D eigenvalue weighted by atomic mass is 9.99. The summed E-state index contributed by atoms with van der Waals surface area (Å²) in [4.78, 5) is 6.15. The van der Waals surface area contributed by atoms with Crippen molar-refractivity contribution in [3.63, 3.8) is 0 Å². The Morgan fingerprint density at radius 2 is 0.831 bits per heavy atom. The minimum atomic E-state index is 1.08. The Morgan fingerprint density at radius 3 is 1.38 bits per heavy atom. The molecule has 0 aliphatic heterocycles. The van der Waals surface area contributed by atoms with Crippen LogP contribution in [-0.2, 0) is 0 Å². The molecule has 0 bridgehead atoms. The first kappa shape index (κ1) is 40.0. The van der Waals surface area contributed by atoms with E-state index in [1.54, 1.807) is 0 Å². The van der Waals surface area contributed by atoms with Crippen LogP contribution in [0.2, 0.25) is 0 Å². The molecular weight excluding hydrogens is 825 g/mol. The zero-order valence-electron chi connectivity index (χ0n) is 35.9. The molecule has 11 aromatic rings. The molecule has 11 rings (SSSR count). The molecule has 0 atom stereocenters. The van der Waals surface area contributed by atoms with Crippen LogP contribution in [0.3, 0.4) is 0 Å². The van der Waals surface area contributed by atoms with Crippen LogP contribution in [0.1, 0.15) is 10.4 Å². The molecule has 0 aliphatic rings. The van der Waals surface area contributed by atoms with Gasteiger partial charge >= 0.3 is 0 Å². The molecule has 2 heterocycles. The van der Waals surface area contributed by atoms with Crippen molar-refractivity contribution < 1.29 is 0 Å². The number of aryl methyl sites for hydroxylation is 1. The van der Waals surface area contributed by atoms with E-state index in [1.165, 1.54) is 74.1 Å². The number of hydrogen-bond donors (Lipinski definition) is 0. The quantitative estimate of drug-likeness (QED) is 0.120. The van der Waals surface area contributed by atoms with Crippen LogP contribution in [-0.4, -0.2) is 0 Å². The van der Waals surface area contributed by atoms with E-state index >= 15 is 0 Å². The van der Waals surface area contributed by atoms with Gasteiger partial charge in [0.2, 0.25) is 0 Å².